The van der Waals surface area contributed by atoms with Crippen molar-refractivity contribution in [2.24, 2.45) is 0 Å². The summed E-state index contributed by atoms with van der Waals surface area (Å²) < 4.78 is 10.1. The van der Waals surface area contributed by atoms with Crippen LogP contribution in [0.5, 0.6) is 5.75 Å². The van der Waals surface area contributed by atoms with E-state index in [0.29, 0.717) is 17.9 Å². The van der Waals surface area contributed by atoms with Crippen molar-refractivity contribution in [1.29, 1.82) is 0 Å². The predicted molar refractivity (Wildman–Crippen MR) is 79.7 cm³/mol. The molecular formula is C15H20N2O5. The Morgan fingerprint density at radius 2 is 1.77 bits per heavy atom. The summed E-state index contributed by atoms with van der Waals surface area (Å²) in [6.45, 7) is 5.38. The molecule has 7 nitrogen and oxygen atoms in total. The Bertz CT molecular complexity index is 525. The molecule has 120 valence electrons. The van der Waals surface area contributed by atoms with E-state index < -0.39 is 24.5 Å². The van der Waals surface area contributed by atoms with E-state index >= 15 is 0 Å². The topological polar surface area (TPSA) is 93.7 Å². The molecule has 1 rings (SSSR count). The number of amides is 3. The number of hydrogen-bond donors (Lipinski definition) is 2. The van der Waals surface area contributed by atoms with Gasteiger partial charge in [-0.25, -0.2) is 9.59 Å². The molecule has 0 aliphatic carbocycles. The zero-order valence-electron chi connectivity index (χ0n) is 12.8. The van der Waals surface area contributed by atoms with Gasteiger partial charge in [-0.2, -0.15) is 0 Å². The van der Waals surface area contributed by atoms with Crippen molar-refractivity contribution in [2.45, 2.75) is 26.8 Å². The Morgan fingerprint density at radius 3 is 2.32 bits per heavy atom. The van der Waals surface area contributed by atoms with Crippen LogP contribution in [-0.4, -0.2) is 37.2 Å². The maximum Gasteiger partial charge on any atom is 0.338 e. The number of carbonyl (C=O) groups is 3. The first-order chi connectivity index (χ1) is 10.4. The van der Waals surface area contributed by atoms with Crippen LogP contribution in [-0.2, 0) is 9.53 Å². The first-order valence-corrected chi connectivity index (χ1v) is 6.92. The predicted octanol–water partition coefficient (Wildman–Crippen LogP) is 1.48. The second-order valence-electron chi connectivity index (χ2n) is 4.71. The Balaban J connectivity index is 2.41. The van der Waals surface area contributed by atoms with E-state index in [2.05, 4.69) is 10.6 Å². The fourth-order valence-electron chi connectivity index (χ4n) is 1.53. The van der Waals surface area contributed by atoms with E-state index in [0.717, 1.165) is 0 Å². The number of nitrogens with one attached hydrogen (secondary N) is 2. The number of rotatable bonds is 6. The summed E-state index contributed by atoms with van der Waals surface area (Å²) in [5, 5.41) is 4.54. The third-order valence-electron chi connectivity index (χ3n) is 2.41. The monoisotopic (exact) mass is 308 g/mol. The fourth-order valence-corrected chi connectivity index (χ4v) is 1.53. The van der Waals surface area contributed by atoms with Crippen LogP contribution in [0.25, 0.3) is 0 Å². The first kappa shape index (κ1) is 17.5. The molecule has 0 aromatic heterocycles. The minimum absolute atomic E-state index is 0.0980. The Morgan fingerprint density at radius 1 is 1.14 bits per heavy atom. The molecular weight excluding hydrogens is 288 g/mol. The van der Waals surface area contributed by atoms with Crippen molar-refractivity contribution < 1.29 is 23.9 Å². The zero-order chi connectivity index (χ0) is 16.5. The molecule has 3 amide bonds. The molecule has 0 aliphatic rings. The molecule has 0 atom stereocenters. The van der Waals surface area contributed by atoms with Gasteiger partial charge in [0, 0.05) is 6.04 Å². The van der Waals surface area contributed by atoms with Crippen LogP contribution < -0.4 is 15.4 Å². The third kappa shape index (κ3) is 6.25. The molecule has 1 aromatic carbocycles. The van der Waals surface area contributed by atoms with Gasteiger partial charge in [0.15, 0.2) is 6.61 Å². The van der Waals surface area contributed by atoms with E-state index in [1.807, 2.05) is 6.92 Å². The minimum atomic E-state index is -0.697. The lowest BCUT2D eigenvalue weighted by Gasteiger charge is -2.09. The maximum absolute atomic E-state index is 11.7. The Hall–Kier alpha value is -2.57. The number of imide groups is 1. The smallest absolute Gasteiger partial charge is 0.338 e. The van der Waals surface area contributed by atoms with Crippen molar-refractivity contribution in [3.63, 3.8) is 0 Å². The van der Waals surface area contributed by atoms with Crippen LogP contribution in [0, 0.1) is 0 Å². The van der Waals surface area contributed by atoms with Gasteiger partial charge in [-0.05, 0) is 45.0 Å². The molecule has 7 heteroatoms. The van der Waals surface area contributed by atoms with Crippen LogP contribution >= 0.6 is 0 Å². The average Bonchev–Trinajstić information content (AvgIpc) is 2.45. The highest BCUT2D eigenvalue weighted by Gasteiger charge is 2.13. The molecule has 0 radical (unpaired) electrons. The lowest BCUT2D eigenvalue weighted by Crippen LogP contribution is -2.44. The van der Waals surface area contributed by atoms with E-state index in [-0.39, 0.29) is 6.04 Å². The minimum Gasteiger partial charge on any atom is -0.494 e. The molecule has 22 heavy (non-hydrogen) atoms. The fraction of sp³-hybridized carbons (Fsp3) is 0.400. The van der Waals surface area contributed by atoms with Gasteiger partial charge in [0.05, 0.1) is 12.2 Å². The molecule has 0 fully saturated rings. The number of carbonyl (C=O) groups excluding carboxylic acids is 3. The van der Waals surface area contributed by atoms with Crippen molar-refractivity contribution >= 4 is 17.9 Å². The van der Waals surface area contributed by atoms with Crippen LogP contribution in [0.3, 0.4) is 0 Å². The highest BCUT2D eigenvalue weighted by Crippen LogP contribution is 2.12. The van der Waals surface area contributed by atoms with Gasteiger partial charge in [0.1, 0.15) is 5.75 Å². The number of ether oxygens (including phenoxy) is 2. The summed E-state index contributed by atoms with van der Waals surface area (Å²) in [7, 11) is 0. The molecule has 2 N–H and O–H groups in total. The van der Waals surface area contributed by atoms with Gasteiger partial charge in [-0.1, -0.05) is 0 Å². The van der Waals surface area contributed by atoms with Crippen molar-refractivity contribution in [3.8, 4) is 5.75 Å². The molecule has 0 saturated carbocycles. The number of urea groups is 1. The molecule has 0 saturated heterocycles. The molecule has 1 aromatic rings. The maximum atomic E-state index is 11.7. The highest BCUT2D eigenvalue weighted by atomic mass is 16.5. The van der Waals surface area contributed by atoms with Crippen molar-refractivity contribution in [3.05, 3.63) is 29.8 Å². The summed E-state index contributed by atoms with van der Waals surface area (Å²) in [4.78, 5) is 34.5. The van der Waals surface area contributed by atoms with Gasteiger partial charge in [0.2, 0.25) is 0 Å². The zero-order valence-corrected chi connectivity index (χ0v) is 12.8. The van der Waals surface area contributed by atoms with Crippen LogP contribution in [0.1, 0.15) is 31.1 Å². The average molecular weight is 308 g/mol. The summed E-state index contributed by atoms with van der Waals surface area (Å²) in [5.74, 6) is -0.706. The molecule has 0 heterocycles. The summed E-state index contributed by atoms with van der Waals surface area (Å²) in [6, 6.07) is 5.62. The first-order valence-electron chi connectivity index (χ1n) is 6.92. The summed E-state index contributed by atoms with van der Waals surface area (Å²) >= 11 is 0. The van der Waals surface area contributed by atoms with Gasteiger partial charge in [-0.15, -0.1) is 0 Å². The molecule has 0 unspecified atom stereocenters. The van der Waals surface area contributed by atoms with Gasteiger partial charge < -0.3 is 14.8 Å². The van der Waals surface area contributed by atoms with E-state index in [9.17, 15) is 14.4 Å². The lowest BCUT2D eigenvalue weighted by atomic mass is 10.2. The third-order valence-corrected chi connectivity index (χ3v) is 2.41. The van der Waals surface area contributed by atoms with Crippen LogP contribution in [0.4, 0.5) is 4.79 Å². The summed E-state index contributed by atoms with van der Waals surface area (Å²) in [6.07, 6.45) is 0. The quantitative estimate of drug-likeness (QED) is 0.776. The number of benzene rings is 1. The van der Waals surface area contributed by atoms with E-state index in [1.165, 1.54) is 12.1 Å². The molecule has 0 spiro atoms. The van der Waals surface area contributed by atoms with Crippen LogP contribution in [0.2, 0.25) is 0 Å². The largest absolute Gasteiger partial charge is 0.494 e. The SMILES string of the molecule is CCOc1ccc(C(=O)OCC(=O)NC(=O)NC(C)C)cc1. The Kier molecular flexibility index (Phi) is 6.88. The molecule has 0 bridgehead atoms. The van der Waals surface area contributed by atoms with Crippen molar-refractivity contribution in [1.82, 2.24) is 10.6 Å². The standard InChI is InChI=1S/C15H20N2O5/c1-4-21-12-7-5-11(6-8-12)14(19)22-9-13(18)17-15(20)16-10(2)3/h5-8,10H,4,9H2,1-3H3,(H2,16,17,18,20). The second kappa shape index (κ2) is 8.66. The van der Waals surface area contributed by atoms with Gasteiger partial charge >= 0.3 is 12.0 Å². The normalized spacial score (nSPS) is 10.0. The van der Waals surface area contributed by atoms with E-state index in [4.69, 9.17) is 9.47 Å². The summed E-state index contributed by atoms with van der Waals surface area (Å²) in [5.41, 5.74) is 0.294. The Labute approximate surface area is 129 Å². The van der Waals surface area contributed by atoms with Crippen LogP contribution in [0.15, 0.2) is 24.3 Å². The van der Waals surface area contributed by atoms with Gasteiger partial charge in [-0.3, -0.25) is 10.1 Å². The highest BCUT2D eigenvalue weighted by molar-refractivity contribution is 5.97. The number of hydrogen-bond acceptors (Lipinski definition) is 5. The number of esters is 1. The van der Waals surface area contributed by atoms with Gasteiger partial charge in [0.25, 0.3) is 5.91 Å². The lowest BCUT2D eigenvalue weighted by molar-refractivity contribution is -0.123. The van der Waals surface area contributed by atoms with E-state index in [1.54, 1.807) is 26.0 Å². The van der Waals surface area contributed by atoms with Crippen molar-refractivity contribution in [2.75, 3.05) is 13.2 Å². The second-order valence-corrected chi connectivity index (χ2v) is 4.71. The molecule has 0 aliphatic heterocycles.